The van der Waals surface area contributed by atoms with Crippen LogP contribution in [0.4, 0.5) is 5.69 Å². The van der Waals surface area contributed by atoms with Gasteiger partial charge in [0.25, 0.3) is 11.5 Å². The fourth-order valence-electron chi connectivity index (χ4n) is 2.94. The molecule has 0 aliphatic rings. The molecule has 1 N–H and O–H groups in total. The Bertz CT molecular complexity index is 1450. The van der Waals surface area contributed by atoms with E-state index in [0.29, 0.717) is 16.7 Å². The number of carbonyl (C=O) groups is 1. The zero-order valence-electron chi connectivity index (χ0n) is 14.9. The van der Waals surface area contributed by atoms with Gasteiger partial charge in [-0.2, -0.15) is 0 Å². The van der Waals surface area contributed by atoms with Crippen LogP contribution < -0.4 is 22.2 Å². The molecule has 3 heterocycles. The molecule has 0 saturated heterocycles. The third kappa shape index (κ3) is 2.78. The van der Waals surface area contributed by atoms with Gasteiger partial charge in [0.15, 0.2) is 0 Å². The number of fused-ring (bicyclic) bond motifs is 2. The quantitative estimate of drug-likeness (QED) is 0.520. The van der Waals surface area contributed by atoms with Crippen LogP contribution in [0.3, 0.4) is 0 Å². The van der Waals surface area contributed by atoms with E-state index < -0.39 is 22.8 Å². The molecule has 0 radical (unpaired) electrons. The van der Waals surface area contributed by atoms with Crippen molar-refractivity contribution in [2.24, 2.45) is 14.1 Å². The number of aryl methyl sites for hydroxylation is 1. The molecule has 3 aromatic heterocycles. The Hall–Kier alpha value is -4.01. The fraction of sp³-hybridized carbons (Fsp3) is 0.105. The first kappa shape index (κ1) is 17.4. The van der Waals surface area contributed by atoms with Crippen molar-refractivity contribution < 1.29 is 9.21 Å². The molecule has 4 rings (SSSR count). The smallest absolute Gasteiger partial charge is 0.336 e. The van der Waals surface area contributed by atoms with Gasteiger partial charge in [-0.05, 0) is 30.3 Å². The summed E-state index contributed by atoms with van der Waals surface area (Å²) in [7, 11) is 2.87. The maximum atomic E-state index is 12.6. The predicted octanol–water partition coefficient (Wildman–Crippen LogP) is 0.991. The number of nitrogens with zero attached hydrogens (tertiary/aromatic N) is 3. The highest BCUT2D eigenvalue weighted by atomic mass is 16.4. The lowest BCUT2D eigenvalue weighted by molar-refractivity contribution is 0.102. The van der Waals surface area contributed by atoms with Gasteiger partial charge in [0.2, 0.25) is 0 Å². The molecule has 0 aliphatic carbocycles. The summed E-state index contributed by atoms with van der Waals surface area (Å²) in [6, 6.07) is 9.13. The monoisotopic (exact) mass is 378 g/mol. The first-order valence-electron chi connectivity index (χ1n) is 8.26. The molecule has 0 fully saturated rings. The van der Waals surface area contributed by atoms with Crippen molar-refractivity contribution in [3.8, 4) is 0 Å². The van der Waals surface area contributed by atoms with Crippen molar-refractivity contribution in [3.63, 3.8) is 0 Å². The van der Waals surface area contributed by atoms with Gasteiger partial charge in [0.05, 0.1) is 10.9 Å². The van der Waals surface area contributed by atoms with E-state index >= 15 is 0 Å². The summed E-state index contributed by atoms with van der Waals surface area (Å²) in [6.07, 6.45) is 1.30. The summed E-state index contributed by atoms with van der Waals surface area (Å²) in [4.78, 5) is 52.3. The van der Waals surface area contributed by atoms with E-state index in [9.17, 15) is 19.2 Å². The second kappa shape index (κ2) is 6.31. The summed E-state index contributed by atoms with van der Waals surface area (Å²) in [5.74, 6) is -0.470. The summed E-state index contributed by atoms with van der Waals surface area (Å²) in [5.41, 5.74) is -0.219. The number of hydrogen-bond donors (Lipinski definition) is 1. The van der Waals surface area contributed by atoms with Crippen molar-refractivity contribution in [1.82, 2.24) is 14.1 Å². The van der Waals surface area contributed by atoms with Gasteiger partial charge in [-0.3, -0.25) is 18.7 Å². The third-order valence-electron chi connectivity index (χ3n) is 4.43. The molecule has 0 spiro atoms. The van der Waals surface area contributed by atoms with E-state index in [1.165, 1.54) is 37.0 Å². The van der Waals surface area contributed by atoms with Gasteiger partial charge in [0, 0.05) is 37.4 Å². The Morgan fingerprint density at radius 1 is 1.04 bits per heavy atom. The second-order valence-corrected chi connectivity index (χ2v) is 6.26. The number of aromatic nitrogens is 3. The van der Waals surface area contributed by atoms with E-state index in [-0.39, 0.29) is 16.6 Å². The Morgan fingerprint density at radius 3 is 2.61 bits per heavy atom. The van der Waals surface area contributed by atoms with E-state index in [4.69, 9.17) is 4.42 Å². The molecule has 0 bridgehead atoms. The van der Waals surface area contributed by atoms with E-state index in [2.05, 4.69) is 10.3 Å². The summed E-state index contributed by atoms with van der Waals surface area (Å²) < 4.78 is 7.26. The molecule has 0 atom stereocenters. The molecule has 1 amide bonds. The van der Waals surface area contributed by atoms with Crippen molar-refractivity contribution >= 4 is 33.6 Å². The number of nitrogens with one attached hydrogen (secondary N) is 1. The zero-order valence-corrected chi connectivity index (χ0v) is 14.9. The summed E-state index contributed by atoms with van der Waals surface area (Å²) in [5, 5.41) is 3.53. The molecule has 0 saturated carbocycles. The van der Waals surface area contributed by atoms with E-state index in [1.54, 1.807) is 24.3 Å². The lowest BCUT2D eigenvalue weighted by atomic mass is 10.2. The average Bonchev–Trinajstić information content (AvgIpc) is 2.70. The van der Waals surface area contributed by atoms with Crippen LogP contribution in [0.1, 0.15) is 10.4 Å². The number of rotatable bonds is 2. The zero-order chi connectivity index (χ0) is 20.0. The first-order chi connectivity index (χ1) is 13.3. The predicted molar refractivity (Wildman–Crippen MR) is 103 cm³/mol. The van der Waals surface area contributed by atoms with Crippen LogP contribution in [0.5, 0.6) is 0 Å². The Kier molecular flexibility index (Phi) is 3.92. The largest absolute Gasteiger partial charge is 0.423 e. The van der Waals surface area contributed by atoms with Gasteiger partial charge in [-0.15, -0.1) is 0 Å². The number of pyridine rings is 1. The molecule has 9 nitrogen and oxygen atoms in total. The molecule has 0 aliphatic heterocycles. The van der Waals surface area contributed by atoms with Gasteiger partial charge < -0.3 is 9.73 Å². The van der Waals surface area contributed by atoms with Crippen molar-refractivity contribution in [1.29, 1.82) is 0 Å². The minimum Gasteiger partial charge on any atom is -0.423 e. The highest BCUT2D eigenvalue weighted by molar-refractivity contribution is 6.06. The molecular formula is C19H14N4O5. The topological polar surface area (TPSA) is 116 Å². The highest BCUT2D eigenvalue weighted by Gasteiger charge is 2.14. The lowest BCUT2D eigenvalue weighted by Crippen LogP contribution is -2.37. The highest BCUT2D eigenvalue weighted by Crippen LogP contribution is 2.18. The van der Waals surface area contributed by atoms with Gasteiger partial charge in [0.1, 0.15) is 11.2 Å². The molecule has 28 heavy (non-hydrogen) atoms. The molecule has 1 aromatic carbocycles. The van der Waals surface area contributed by atoms with Crippen molar-refractivity contribution in [2.75, 3.05) is 5.32 Å². The van der Waals surface area contributed by atoms with E-state index in [0.717, 1.165) is 4.57 Å². The fourth-order valence-corrected chi connectivity index (χ4v) is 2.94. The van der Waals surface area contributed by atoms with Crippen LogP contribution in [0.25, 0.3) is 22.0 Å². The van der Waals surface area contributed by atoms with E-state index in [1.807, 2.05) is 0 Å². The normalized spacial score (nSPS) is 11.1. The van der Waals surface area contributed by atoms with Gasteiger partial charge in [-0.1, -0.05) is 0 Å². The molecule has 9 heteroatoms. The van der Waals surface area contributed by atoms with Crippen LogP contribution in [0, 0.1) is 0 Å². The lowest BCUT2D eigenvalue weighted by Gasteiger charge is -2.09. The maximum absolute atomic E-state index is 12.6. The van der Waals surface area contributed by atoms with Crippen LogP contribution in [-0.4, -0.2) is 20.0 Å². The minimum absolute atomic E-state index is 0.164. The maximum Gasteiger partial charge on any atom is 0.336 e. The number of benzene rings is 1. The molecule has 140 valence electrons. The SMILES string of the molecule is Cn1c(=O)c2cc(C(=O)Nc3ccc4oc(=O)ccc4c3)cnc2n(C)c1=O. The average molecular weight is 378 g/mol. The van der Waals surface area contributed by atoms with Crippen molar-refractivity contribution in [3.05, 3.63) is 79.4 Å². The number of amides is 1. The van der Waals surface area contributed by atoms with Crippen LogP contribution in [0.15, 0.2) is 61.4 Å². The van der Waals surface area contributed by atoms with Crippen molar-refractivity contribution in [2.45, 2.75) is 0 Å². The Labute approximate surface area is 156 Å². The first-order valence-corrected chi connectivity index (χ1v) is 8.26. The number of carbonyl (C=O) groups excluding carboxylic acids is 1. The molecule has 4 aromatic rings. The minimum atomic E-state index is -0.527. The standard InChI is InChI=1S/C19H14N4O5/c1-22-16-13(18(26)23(2)19(22)27)8-11(9-20-16)17(25)21-12-4-5-14-10(7-12)3-6-15(24)28-14/h3-9H,1-2H3,(H,21,25). The second-order valence-electron chi connectivity index (χ2n) is 6.26. The summed E-state index contributed by atoms with van der Waals surface area (Å²) in [6.45, 7) is 0. The van der Waals surface area contributed by atoms with Crippen LogP contribution in [0.2, 0.25) is 0 Å². The Morgan fingerprint density at radius 2 is 1.82 bits per heavy atom. The number of hydrogen-bond acceptors (Lipinski definition) is 6. The van der Waals surface area contributed by atoms with Gasteiger partial charge >= 0.3 is 11.3 Å². The third-order valence-corrected chi connectivity index (χ3v) is 4.43. The molecular weight excluding hydrogens is 364 g/mol. The Balaban J connectivity index is 1.73. The molecule has 0 unspecified atom stereocenters. The number of anilines is 1. The van der Waals surface area contributed by atoms with Crippen LogP contribution in [-0.2, 0) is 14.1 Å². The summed E-state index contributed by atoms with van der Waals surface area (Å²) >= 11 is 0. The van der Waals surface area contributed by atoms with Crippen LogP contribution >= 0.6 is 0 Å². The van der Waals surface area contributed by atoms with Gasteiger partial charge in [-0.25, -0.2) is 14.6 Å².